The van der Waals surface area contributed by atoms with Gasteiger partial charge in [0.25, 0.3) is 0 Å². The third-order valence-electron chi connectivity index (χ3n) is 5.54. The van der Waals surface area contributed by atoms with Crippen molar-refractivity contribution in [3.8, 4) is 0 Å². The van der Waals surface area contributed by atoms with Gasteiger partial charge in [-0.1, -0.05) is 32.0 Å². The monoisotopic (exact) mass is 273 g/mol. The Morgan fingerprint density at radius 2 is 1.85 bits per heavy atom. The molecular weight excluding hydrogens is 246 g/mol. The van der Waals surface area contributed by atoms with Crippen LogP contribution in [-0.2, 0) is 6.42 Å². The molecule has 1 aliphatic heterocycles. The Morgan fingerprint density at radius 1 is 1.15 bits per heavy atom. The highest BCUT2D eigenvalue weighted by molar-refractivity contribution is 5.54. The second-order valence-electron chi connectivity index (χ2n) is 7.08. The summed E-state index contributed by atoms with van der Waals surface area (Å²) in [6.07, 6.45) is 6.40. The van der Waals surface area contributed by atoms with Crippen LogP contribution in [0.5, 0.6) is 0 Å². The number of rotatable bonds is 2. The molecule has 110 valence electrons. The van der Waals surface area contributed by atoms with Crippen LogP contribution in [0.25, 0.3) is 0 Å². The van der Waals surface area contributed by atoms with Gasteiger partial charge >= 0.3 is 0 Å². The van der Waals surface area contributed by atoms with E-state index >= 15 is 0 Å². The van der Waals surface area contributed by atoms with Crippen LogP contribution in [0.4, 0.5) is 5.69 Å². The highest BCUT2D eigenvalue weighted by Gasteiger charge is 2.41. The first-order valence-corrected chi connectivity index (χ1v) is 8.15. The first-order chi connectivity index (χ1) is 9.58. The van der Waals surface area contributed by atoms with Gasteiger partial charge < -0.3 is 10.4 Å². The lowest BCUT2D eigenvalue weighted by Crippen LogP contribution is -2.51. The van der Waals surface area contributed by atoms with E-state index in [4.69, 9.17) is 0 Å². The number of anilines is 1. The number of nitrogens with one attached hydrogen (secondary N) is 1. The van der Waals surface area contributed by atoms with Gasteiger partial charge in [-0.2, -0.15) is 0 Å². The summed E-state index contributed by atoms with van der Waals surface area (Å²) in [6.45, 7) is 4.62. The van der Waals surface area contributed by atoms with E-state index in [9.17, 15) is 5.11 Å². The molecule has 2 aliphatic rings. The minimum Gasteiger partial charge on any atom is -0.388 e. The number of aliphatic hydroxyl groups is 1. The molecule has 1 heterocycles. The van der Waals surface area contributed by atoms with Gasteiger partial charge in [0.1, 0.15) is 0 Å². The molecule has 2 N–H and O–H groups in total. The van der Waals surface area contributed by atoms with Crippen molar-refractivity contribution in [2.75, 3.05) is 5.32 Å². The zero-order valence-electron chi connectivity index (χ0n) is 12.7. The fourth-order valence-electron chi connectivity index (χ4n) is 4.00. The van der Waals surface area contributed by atoms with Crippen LogP contribution in [0.1, 0.15) is 51.5 Å². The van der Waals surface area contributed by atoms with Crippen molar-refractivity contribution < 1.29 is 5.11 Å². The fourth-order valence-corrected chi connectivity index (χ4v) is 4.00. The van der Waals surface area contributed by atoms with E-state index in [0.717, 1.165) is 37.5 Å². The lowest BCUT2D eigenvalue weighted by atomic mass is 9.70. The van der Waals surface area contributed by atoms with Crippen molar-refractivity contribution >= 4 is 5.69 Å². The molecule has 0 radical (unpaired) electrons. The summed E-state index contributed by atoms with van der Waals surface area (Å²) in [6, 6.07) is 8.74. The molecule has 3 rings (SSSR count). The van der Waals surface area contributed by atoms with Crippen LogP contribution in [-0.4, -0.2) is 16.7 Å². The van der Waals surface area contributed by atoms with Crippen LogP contribution in [0, 0.1) is 11.8 Å². The second kappa shape index (κ2) is 5.40. The normalized spacial score (nSPS) is 33.6. The topological polar surface area (TPSA) is 32.3 Å². The summed E-state index contributed by atoms with van der Waals surface area (Å²) in [5, 5.41) is 14.7. The molecule has 2 heteroatoms. The summed E-state index contributed by atoms with van der Waals surface area (Å²) in [5.74, 6) is 1.55. The molecule has 0 aromatic heterocycles. The van der Waals surface area contributed by atoms with Crippen molar-refractivity contribution in [2.45, 2.75) is 64.0 Å². The number of benzene rings is 1. The number of hydrogen-bond donors (Lipinski definition) is 2. The van der Waals surface area contributed by atoms with E-state index in [1.807, 2.05) is 0 Å². The number of aryl methyl sites for hydroxylation is 1. The number of fused-ring (bicyclic) bond motifs is 1. The van der Waals surface area contributed by atoms with Crippen LogP contribution in [0.3, 0.4) is 0 Å². The molecule has 1 saturated carbocycles. The van der Waals surface area contributed by atoms with E-state index in [0.29, 0.717) is 0 Å². The van der Waals surface area contributed by atoms with Crippen molar-refractivity contribution in [2.24, 2.45) is 11.8 Å². The van der Waals surface area contributed by atoms with Crippen molar-refractivity contribution in [1.29, 1.82) is 0 Å². The Balaban J connectivity index is 1.69. The molecule has 1 unspecified atom stereocenters. The molecule has 1 aromatic rings. The lowest BCUT2D eigenvalue weighted by molar-refractivity contribution is -0.0330. The van der Waals surface area contributed by atoms with Crippen molar-refractivity contribution in [1.82, 2.24) is 0 Å². The van der Waals surface area contributed by atoms with E-state index in [1.165, 1.54) is 24.1 Å². The van der Waals surface area contributed by atoms with Crippen molar-refractivity contribution in [3.63, 3.8) is 0 Å². The maximum Gasteiger partial charge on any atom is 0.0848 e. The van der Waals surface area contributed by atoms with Crippen LogP contribution in [0.15, 0.2) is 24.3 Å². The molecule has 2 nitrogen and oxygen atoms in total. The van der Waals surface area contributed by atoms with E-state index in [1.54, 1.807) is 0 Å². The summed E-state index contributed by atoms with van der Waals surface area (Å²) >= 11 is 0. The highest BCUT2D eigenvalue weighted by atomic mass is 16.3. The van der Waals surface area contributed by atoms with Gasteiger partial charge in [0.05, 0.1) is 11.6 Å². The van der Waals surface area contributed by atoms with Gasteiger partial charge in [-0.25, -0.2) is 0 Å². The predicted octanol–water partition coefficient (Wildman–Crippen LogP) is 3.99. The third-order valence-corrected chi connectivity index (χ3v) is 5.54. The van der Waals surface area contributed by atoms with Gasteiger partial charge in [0.15, 0.2) is 0 Å². The van der Waals surface area contributed by atoms with Gasteiger partial charge in [-0.05, 0) is 62.0 Å². The average molecular weight is 273 g/mol. The van der Waals surface area contributed by atoms with Gasteiger partial charge in [0, 0.05) is 5.69 Å². The van der Waals surface area contributed by atoms with Crippen molar-refractivity contribution in [3.05, 3.63) is 29.8 Å². The van der Waals surface area contributed by atoms with Crippen LogP contribution < -0.4 is 5.32 Å². The summed E-state index contributed by atoms with van der Waals surface area (Å²) in [7, 11) is 0. The van der Waals surface area contributed by atoms with E-state index in [2.05, 4.69) is 43.4 Å². The Hall–Kier alpha value is -1.02. The Morgan fingerprint density at radius 3 is 2.55 bits per heavy atom. The van der Waals surface area contributed by atoms with Crippen LogP contribution in [0.2, 0.25) is 0 Å². The van der Waals surface area contributed by atoms with E-state index in [-0.39, 0.29) is 6.04 Å². The van der Waals surface area contributed by atoms with Gasteiger partial charge in [0.2, 0.25) is 0 Å². The first-order valence-electron chi connectivity index (χ1n) is 8.15. The van der Waals surface area contributed by atoms with Gasteiger partial charge in [-0.3, -0.25) is 0 Å². The molecule has 20 heavy (non-hydrogen) atoms. The maximum atomic E-state index is 11.1. The largest absolute Gasteiger partial charge is 0.388 e. The smallest absolute Gasteiger partial charge is 0.0848 e. The molecule has 1 aliphatic carbocycles. The minimum absolute atomic E-state index is 0.227. The number of hydrogen-bond acceptors (Lipinski definition) is 2. The van der Waals surface area contributed by atoms with Gasteiger partial charge in [-0.15, -0.1) is 0 Å². The van der Waals surface area contributed by atoms with Crippen LogP contribution >= 0.6 is 0 Å². The number of para-hydroxylation sites is 1. The first kappa shape index (κ1) is 13.9. The summed E-state index contributed by atoms with van der Waals surface area (Å²) < 4.78 is 0. The van der Waals surface area contributed by atoms with E-state index < -0.39 is 5.60 Å². The zero-order chi connectivity index (χ0) is 14.2. The molecule has 0 bridgehead atoms. The fraction of sp³-hybridized carbons (Fsp3) is 0.667. The molecule has 1 atom stereocenters. The predicted molar refractivity (Wildman–Crippen MR) is 83.9 cm³/mol. The summed E-state index contributed by atoms with van der Waals surface area (Å²) in [4.78, 5) is 0. The standard InChI is InChI=1S/C18H27NO/c1-13(2)14-9-11-18(20,12-10-14)17-8-7-15-5-3-4-6-16(15)19-17/h3-6,13-14,17,19-20H,7-12H2,1-2H3. The highest BCUT2D eigenvalue weighted by Crippen LogP contribution is 2.41. The summed E-state index contributed by atoms with van der Waals surface area (Å²) in [5.41, 5.74) is 2.12. The SMILES string of the molecule is CC(C)C1CCC(O)(C2CCc3ccccc3N2)CC1. The lowest BCUT2D eigenvalue weighted by Gasteiger charge is -2.45. The zero-order valence-corrected chi connectivity index (χ0v) is 12.7. The molecule has 1 fully saturated rings. The third kappa shape index (κ3) is 2.58. The Kier molecular flexibility index (Phi) is 3.76. The minimum atomic E-state index is -0.501. The molecule has 0 spiro atoms. The molecule has 0 amide bonds. The second-order valence-corrected chi connectivity index (χ2v) is 7.08. The molecular formula is C18H27NO. The Labute approximate surface area is 122 Å². The molecule has 1 aromatic carbocycles. The Bertz CT molecular complexity index is 460. The quantitative estimate of drug-likeness (QED) is 0.854. The average Bonchev–Trinajstić information content (AvgIpc) is 2.47. The molecule has 0 saturated heterocycles. The maximum absolute atomic E-state index is 11.1.